The van der Waals surface area contributed by atoms with Crippen LogP contribution in [0.5, 0.6) is 5.75 Å². The molecule has 2 N–H and O–H groups in total. The van der Waals surface area contributed by atoms with Gasteiger partial charge < -0.3 is 15.4 Å². The fourth-order valence-corrected chi connectivity index (χ4v) is 2.44. The number of hydrogen-bond donors (Lipinski definition) is 1. The summed E-state index contributed by atoms with van der Waals surface area (Å²) in [4.78, 5) is 13.6. The first-order chi connectivity index (χ1) is 9.20. The molecule has 2 rings (SSSR count). The van der Waals surface area contributed by atoms with Gasteiger partial charge in [0, 0.05) is 31.6 Å². The second-order valence-corrected chi connectivity index (χ2v) is 5.16. The minimum atomic E-state index is 0.273. The van der Waals surface area contributed by atoms with Gasteiger partial charge in [0.1, 0.15) is 5.75 Å². The SMILES string of the molecule is CC1CC(=O)N(CCCOc2ccccc2CN)C1. The topological polar surface area (TPSA) is 55.6 Å². The number of rotatable bonds is 6. The Bertz CT molecular complexity index is 434. The molecule has 1 unspecified atom stereocenters. The third-order valence-electron chi connectivity index (χ3n) is 3.43. The molecule has 0 saturated carbocycles. The Hall–Kier alpha value is -1.55. The first kappa shape index (κ1) is 13.9. The number of carbonyl (C=O) groups is 1. The molecule has 1 aliphatic heterocycles. The van der Waals surface area contributed by atoms with Crippen LogP contribution >= 0.6 is 0 Å². The van der Waals surface area contributed by atoms with Crippen molar-refractivity contribution < 1.29 is 9.53 Å². The predicted octanol–water partition coefficient (Wildman–Crippen LogP) is 1.78. The average molecular weight is 262 g/mol. The molecule has 104 valence electrons. The molecule has 1 fully saturated rings. The standard InChI is InChI=1S/C15H22N2O2/c1-12-9-15(18)17(11-12)7-4-8-19-14-6-3-2-5-13(14)10-16/h2-3,5-6,12H,4,7-11,16H2,1H3. The van der Waals surface area contributed by atoms with Crippen LogP contribution in [0.15, 0.2) is 24.3 Å². The molecule has 1 aliphatic rings. The van der Waals surface area contributed by atoms with Crippen LogP contribution in [0.25, 0.3) is 0 Å². The minimum absolute atomic E-state index is 0.273. The highest BCUT2D eigenvalue weighted by Gasteiger charge is 2.25. The minimum Gasteiger partial charge on any atom is -0.493 e. The molecule has 1 saturated heterocycles. The summed E-state index contributed by atoms with van der Waals surface area (Å²) >= 11 is 0. The van der Waals surface area contributed by atoms with Gasteiger partial charge in [0.25, 0.3) is 0 Å². The highest BCUT2D eigenvalue weighted by Crippen LogP contribution is 2.18. The molecule has 19 heavy (non-hydrogen) atoms. The summed E-state index contributed by atoms with van der Waals surface area (Å²) in [6.07, 6.45) is 1.55. The molecule has 1 aromatic carbocycles. The summed E-state index contributed by atoms with van der Waals surface area (Å²) < 4.78 is 5.73. The molecule has 0 spiro atoms. The van der Waals surface area contributed by atoms with Gasteiger partial charge in [0.15, 0.2) is 0 Å². The van der Waals surface area contributed by atoms with Gasteiger partial charge in [0.2, 0.25) is 5.91 Å². The molecule has 0 radical (unpaired) electrons. The Morgan fingerprint density at radius 3 is 2.89 bits per heavy atom. The molecule has 0 aromatic heterocycles. The maximum Gasteiger partial charge on any atom is 0.222 e. The van der Waals surface area contributed by atoms with Crippen LogP contribution in [0, 0.1) is 5.92 Å². The fourth-order valence-electron chi connectivity index (χ4n) is 2.44. The summed E-state index contributed by atoms with van der Waals surface area (Å²) in [6, 6.07) is 7.81. The van der Waals surface area contributed by atoms with Gasteiger partial charge in [-0.05, 0) is 18.4 Å². The second-order valence-electron chi connectivity index (χ2n) is 5.16. The van der Waals surface area contributed by atoms with Crippen molar-refractivity contribution in [3.63, 3.8) is 0 Å². The van der Waals surface area contributed by atoms with Crippen molar-refractivity contribution in [2.75, 3.05) is 19.7 Å². The van der Waals surface area contributed by atoms with Gasteiger partial charge in [-0.3, -0.25) is 4.79 Å². The van der Waals surface area contributed by atoms with Crippen LogP contribution in [0.4, 0.5) is 0 Å². The van der Waals surface area contributed by atoms with Gasteiger partial charge in [-0.1, -0.05) is 25.1 Å². The summed E-state index contributed by atoms with van der Waals surface area (Å²) in [5, 5.41) is 0. The summed E-state index contributed by atoms with van der Waals surface area (Å²) in [5.74, 6) is 1.62. The number of nitrogens with two attached hydrogens (primary N) is 1. The lowest BCUT2D eigenvalue weighted by Crippen LogP contribution is -2.27. The summed E-state index contributed by atoms with van der Waals surface area (Å²) in [7, 11) is 0. The van der Waals surface area contributed by atoms with Gasteiger partial charge in [-0.2, -0.15) is 0 Å². The van der Waals surface area contributed by atoms with E-state index in [1.165, 1.54) is 0 Å². The van der Waals surface area contributed by atoms with Crippen LogP contribution in [0.2, 0.25) is 0 Å². The number of likely N-dealkylation sites (tertiary alicyclic amines) is 1. The molecule has 0 aliphatic carbocycles. The van der Waals surface area contributed by atoms with E-state index in [2.05, 4.69) is 6.92 Å². The zero-order valence-electron chi connectivity index (χ0n) is 11.5. The van der Waals surface area contributed by atoms with Crippen LogP contribution < -0.4 is 10.5 Å². The Labute approximate surface area is 114 Å². The van der Waals surface area contributed by atoms with Crippen molar-refractivity contribution in [2.24, 2.45) is 11.7 Å². The van der Waals surface area contributed by atoms with Crippen LogP contribution in [-0.4, -0.2) is 30.5 Å². The average Bonchev–Trinajstić information content (AvgIpc) is 2.73. The quantitative estimate of drug-likeness (QED) is 0.795. The first-order valence-corrected chi connectivity index (χ1v) is 6.89. The van der Waals surface area contributed by atoms with E-state index in [4.69, 9.17) is 10.5 Å². The molecule has 1 atom stereocenters. The Balaban J connectivity index is 1.73. The molecule has 4 heteroatoms. The second kappa shape index (κ2) is 6.57. The molecule has 1 heterocycles. The largest absolute Gasteiger partial charge is 0.493 e. The van der Waals surface area contributed by atoms with Crippen LogP contribution in [0.1, 0.15) is 25.3 Å². The van der Waals surface area contributed by atoms with E-state index in [-0.39, 0.29) is 5.91 Å². The number of benzene rings is 1. The number of nitrogens with zero attached hydrogens (tertiary/aromatic N) is 1. The van der Waals surface area contributed by atoms with E-state index in [1.54, 1.807) is 0 Å². The van der Waals surface area contributed by atoms with Crippen LogP contribution in [0.3, 0.4) is 0 Å². The number of amides is 1. The molecular formula is C15H22N2O2. The molecule has 0 bridgehead atoms. The van der Waals surface area contributed by atoms with E-state index in [0.717, 1.165) is 30.8 Å². The Morgan fingerprint density at radius 1 is 1.42 bits per heavy atom. The number of para-hydroxylation sites is 1. The molecule has 4 nitrogen and oxygen atoms in total. The van der Waals surface area contributed by atoms with Gasteiger partial charge in [-0.25, -0.2) is 0 Å². The third kappa shape index (κ3) is 3.70. The van der Waals surface area contributed by atoms with Crippen molar-refractivity contribution in [1.82, 2.24) is 4.90 Å². The predicted molar refractivity (Wildman–Crippen MR) is 74.8 cm³/mol. The maximum atomic E-state index is 11.6. The van der Waals surface area contributed by atoms with Crippen molar-refractivity contribution in [3.8, 4) is 5.75 Å². The monoisotopic (exact) mass is 262 g/mol. The number of ether oxygens (including phenoxy) is 1. The summed E-state index contributed by atoms with van der Waals surface area (Å²) in [5.41, 5.74) is 6.68. The Morgan fingerprint density at radius 2 is 2.21 bits per heavy atom. The fraction of sp³-hybridized carbons (Fsp3) is 0.533. The number of hydrogen-bond acceptors (Lipinski definition) is 3. The number of carbonyl (C=O) groups excluding carboxylic acids is 1. The van der Waals surface area contributed by atoms with Crippen LogP contribution in [-0.2, 0) is 11.3 Å². The lowest BCUT2D eigenvalue weighted by atomic mass is 10.2. The maximum absolute atomic E-state index is 11.6. The lowest BCUT2D eigenvalue weighted by Gasteiger charge is -2.16. The van der Waals surface area contributed by atoms with Gasteiger partial charge in [0.05, 0.1) is 6.61 Å². The van der Waals surface area contributed by atoms with E-state index in [0.29, 0.717) is 25.5 Å². The normalized spacial score (nSPS) is 18.9. The highest BCUT2D eigenvalue weighted by molar-refractivity contribution is 5.78. The smallest absolute Gasteiger partial charge is 0.222 e. The van der Waals surface area contributed by atoms with E-state index >= 15 is 0 Å². The molecule has 1 aromatic rings. The van der Waals surface area contributed by atoms with E-state index in [1.807, 2.05) is 29.2 Å². The molecular weight excluding hydrogens is 240 g/mol. The van der Waals surface area contributed by atoms with Crippen molar-refractivity contribution >= 4 is 5.91 Å². The summed E-state index contributed by atoms with van der Waals surface area (Å²) in [6.45, 7) is 4.89. The lowest BCUT2D eigenvalue weighted by molar-refractivity contribution is -0.127. The van der Waals surface area contributed by atoms with E-state index in [9.17, 15) is 4.79 Å². The van der Waals surface area contributed by atoms with Crippen molar-refractivity contribution in [2.45, 2.75) is 26.3 Å². The molecule has 1 amide bonds. The van der Waals surface area contributed by atoms with Gasteiger partial charge >= 0.3 is 0 Å². The Kier molecular flexibility index (Phi) is 4.80. The highest BCUT2D eigenvalue weighted by atomic mass is 16.5. The van der Waals surface area contributed by atoms with Crippen molar-refractivity contribution in [3.05, 3.63) is 29.8 Å². The zero-order valence-corrected chi connectivity index (χ0v) is 11.5. The first-order valence-electron chi connectivity index (χ1n) is 6.89. The third-order valence-corrected chi connectivity index (χ3v) is 3.43. The zero-order chi connectivity index (χ0) is 13.7. The van der Waals surface area contributed by atoms with Crippen molar-refractivity contribution in [1.29, 1.82) is 0 Å². The van der Waals surface area contributed by atoms with E-state index < -0.39 is 0 Å². The van der Waals surface area contributed by atoms with Gasteiger partial charge in [-0.15, -0.1) is 0 Å².